The third kappa shape index (κ3) is 4.55. The SMILES string of the molecule is Cc1nc(C)c(-c2csc(NC(=O)[C@@H]3C[C@@H](c4ccccc4)CN3C(=O)C(C)C)n2)s1. The number of carbonyl (C=O) groups is 2. The van der Waals surface area contributed by atoms with E-state index in [4.69, 9.17) is 0 Å². The minimum atomic E-state index is -0.500. The molecule has 0 saturated carbocycles. The van der Waals surface area contributed by atoms with Crippen molar-refractivity contribution in [3.05, 3.63) is 52.0 Å². The van der Waals surface area contributed by atoms with Crippen LogP contribution in [0.2, 0.25) is 0 Å². The van der Waals surface area contributed by atoms with Gasteiger partial charge in [-0.1, -0.05) is 44.2 Å². The zero-order valence-corrected chi connectivity index (χ0v) is 19.7. The van der Waals surface area contributed by atoms with Crippen molar-refractivity contribution in [3.63, 3.8) is 0 Å². The van der Waals surface area contributed by atoms with Gasteiger partial charge in [-0.2, -0.15) is 0 Å². The Morgan fingerprint density at radius 2 is 1.90 bits per heavy atom. The number of likely N-dealkylation sites (tertiary alicyclic amines) is 1. The first-order valence-electron chi connectivity index (χ1n) is 10.4. The molecule has 0 radical (unpaired) electrons. The van der Waals surface area contributed by atoms with Gasteiger partial charge in [-0.05, 0) is 25.8 Å². The number of anilines is 1. The Kier molecular flexibility index (Phi) is 6.20. The van der Waals surface area contributed by atoms with E-state index >= 15 is 0 Å². The van der Waals surface area contributed by atoms with E-state index in [9.17, 15) is 9.59 Å². The smallest absolute Gasteiger partial charge is 0.248 e. The maximum absolute atomic E-state index is 13.2. The summed E-state index contributed by atoms with van der Waals surface area (Å²) in [7, 11) is 0. The molecule has 4 rings (SSSR count). The van der Waals surface area contributed by atoms with E-state index in [1.165, 1.54) is 11.3 Å². The average molecular weight is 455 g/mol. The highest BCUT2D eigenvalue weighted by atomic mass is 32.1. The summed E-state index contributed by atoms with van der Waals surface area (Å²) in [6, 6.07) is 9.60. The van der Waals surface area contributed by atoms with Crippen LogP contribution in [0.3, 0.4) is 0 Å². The first-order valence-corrected chi connectivity index (χ1v) is 12.1. The third-order valence-corrected chi connectivity index (χ3v) is 7.38. The highest BCUT2D eigenvalue weighted by molar-refractivity contribution is 7.16. The number of hydrogen-bond acceptors (Lipinski definition) is 6. The molecule has 0 aliphatic carbocycles. The zero-order valence-electron chi connectivity index (χ0n) is 18.1. The molecule has 8 heteroatoms. The lowest BCUT2D eigenvalue weighted by atomic mass is 9.96. The quantitative estimate of drug-likeness (QED) is 0.597. The van der Waals surface area contributed by atoms with Crippen molar-refractivity contribution in [2.24, 2.45) is 5.92 Å². The summed E-state index contributed by atoms with van der Waals surface area (Å²) in [5.74, 6) is -0.178. The topological polar surface area (TPSA) is 75.2 Å². The fourth-order valence-electron chi connectivity index (χ4n) is 4.02. The summed E-state index contributed by atoms with van der Waals surface area (Å²) in [5.41, 5.74) is 2.93. The molecule has 0 unspecified atom stereocenters. The van der Waals surface area contributed by atoms with E-state index in [0.717, 1.165) is 26.8 Å². The fraction of sp³-hybridized carbons (Fsp3) is 0.391. The number of amides is 2. The molecular weight excluding hydrogens is 428 g/mol. The number of nitrogens with zero attached hydrogens (tertiary/aromatic N) is 3. The van der Waals surface area contributed by atoms with Crippen molar-refractivity contribution in [2.75, 3.05) is 11.9 Å². The number of aromatic nitrogens is 2. The van der Waals surface area contributed by atoms with Crippen molar-refractivity contribution in [1.29, 1.82) is 0 Å². The zero-order chi connectivity index (χ0) is 22.1. The van der Waals surface area contributed by atoms with Gasteiger partial charge in [-0.25, -0.2) is 9.97 Å². The molecule has 3 heterocycles. The Labute approximate surface area is 190 Å². The molecule has 1 aliphatic rings. The number of thiazole rings is 2. The lowest BCUT2D eigenvalue weighted by Crippen LogP contribution is -2.44. The minimum absolute atomic E-state index is 0.00849. The van der Waals surface area contributed by atoms with E-state index in [1.807, 2.05) is 51.3 Å². The predicted octanol–water partition coefficient (Wildman–Crippen LogP) is 4.86. The molecule has 1 aliphatic heterocycles. The molecule has 2 atom stereocenters. The highest BCUT2D eigenvalue weighted by Gasteiger charge is 2.40. The van der Waals surface area contributed by atoms with Gasteiger partial charge in [0.05, 0.1) is 21.3 Å². The number of hydrogen-bond donors (Lipinski definition) is 1. The van der Waals surface area contributed by atoms with Crippen LogP contribution >= 0.6 is 22.7 Å². The van der Waals surface area contributed by atoms with Crippen LogP contribution in [0.25, 0.3) is 10.6 Å². The van der Waals surface area contributed by atoms with Crippen molar-refractivity contribution in [3.8, 4) is 10.6 Å². The van der Waals surface area contributed by atoms with Crippen molar-refractivity contribution >= 4 is 39.6 Å². The van der Waals surface area contributed by atoms with Crippen molar-refractivity contribution in [1.82, 2.24) is 14.9 Å². The first-order chi connectivity index (χ1) is 14.8. The summed E-state index contributed by atoms with van der Waals surface area (Å²) in [6.45, 7) is 8.24. The molecule has 0 bridgehead atoms. The van der Waals surface area contributed by atoms with Gasteiger partial charge in [0.1, 0.15) is 6.04 Å². The number of aryl methyl sites for hydroxylation is 2. The van der Waals surface area contributed by atoms with E-state index in [1.54, 1.807) is 16.2 Å². The minimum Gasteiger partial charge on any atom is -0.330 e. The lowest BCUT2D eigenvalue weighted by Gasteiger charge is -2.25. The third-order valence-electron chi connectivity index (χ3n) is 5.52. The molecule has 1 N–H and O–H groups in total. The van der Waals surface area contributed by atoms with Gasteiger partial charge in [-0.15, -0.1) is 22.7 Å². The van der Waals surface area contributed by atoms with Gasteiger partial charge in [0.25, 0.3) is 0 Å². The summed E-state index contributed by atoms with van der Waals surface area (Å²) in [5, 5.41) is 6.43. The molecule has 162 valence electrons. The summed E-state index contributed by atoms with van der Waals surface area (Å²) >= 11 is 2.99. The largest absolute Gasteiger partial charge is 0.330 e. The summed E-state index contributed by atoms with van der Waals surface area (Å²) < 4.78 is 0. The molecule has 6 nitrogen and oxygen atoms in total. The van der Waals surface area contributed by atoms with Crippen LogP contribution in [0, 0.1) is 19.8 Å². The average Bonchev–Trinajstić information content (AvgIpc) is 3.46. The highest BCUT2D eigenvalue weighted by Crippen LogP contribution is 2.35. The first kappa shape index (κ1) is 21.6. The molecule has 2 amide bonds. The van der Waals surface area contributed by atoms with E-state index < -0.39 is 6.04 Å². The molecule has 3 aromatic rings. The Bertz CT molecular complexity index is 1090. The summed E-state index contributed by atoms with van der Waals surface area (Å²) in [6.07, 6.45) is 0.611. The Hall–Kier alpha value is -2.58. The van der Waals surface area contributed by atoms with Crippen LogP contribution in [0.15, 0.2) is 35.7 Å². The Balaban J connectivity index is 1.53. The summed E-state index contributed by atoms with van der Waals surface area (Å²) in [4.78, 5) is 37.9. The van der Waals surface area contributed by atoms with Crippen LogP contribution in [-0.2, 0) is 9.59 Å². The van der Waals surface area contributed by atoms with Crippen molar-refractivity contribution < 1.29 is 9.59 Å². The molecule has 1 fully saturated rings. The molecule has 31 heavy (non-hydrogen) atoms. The van der Waals surface area contributed by atoms with E-state index in [0.29, 0.717) is 18.1 Å². The van der Waals surface area contributed by atoms with E-state index in [-0.39, 0.29) is 23.7 Å². The van der Waals surface area contributed by atoms with Gasteiger partial charge in [0, 0.05) is 23.8 Å². The van der Waals surface area contributed by atoms with Gasteiger partial charge in [-0.3, -0.25) is 9.59 Å². The monoisotopic (exact) mass is 454 g/mol. The second-order valence-corrected chi connectivity index (χ2v) is 10.2. The van der Waals surface area contributed by atoms with Crippen LogP contribution < -0.4 is 5.32 Å². The number of rotatable bonds is 5. The maximum Gasteiger partial charge on any atom is 0.248 e. The second-order valence-electron chi connectivity index (χ2n) is 8.18. The van der Waals surface area contributed by atoms with Crippen LogP contribution in [0.5, 0.6) is 0 Å². The standard InChI is InChI=1S/C23H26N4O2S2/c1-13(2)22(29)27-11-17(16-8-6-5-7-9-16)10-19(27)21(28)26-23-25-18(12-30-23)20-14(3)24-15(4)31-20/h5-9,12-13,17,19H,10-11H2,1-4H3,(H,25,26,28)/t17-,19+/m1/s1. The van der Waals surface area contributed by atoms with Gasteiger partial charge in [0.2, 0.25) is 11.8 Å². The number of carbonyl (C=O) groups excluding carboxylic acids is 2. The number of nitrogens with one attached hydrogen (secondary N) is 1. The van der Waals surface area contributed by atoms with E-state index in [2.05, 4.69) is 27.4 Å². The molecule has 1 saturated heterocycles. The molecule has 0 spiro atoms. The van der Waals surface area contributed by atoms with Gasteiger partial charge < -0.3 is 10.2 Å². The van der Waals surface area contributed by atoms with Crippen LogP contribution in [0.4, 0.5) is 5.13 Å². The number of benzene rings is 1. The van der Waals surface area contributed by atoms with Gasteiger partial charge >= 0.3 is 0 Å². The Morgan fingerprint density at radius 3 is 2.55 bits per heavy atom. The normalized spacial score (nSPS) is 18.5. The second kappa shape index (κ2) is 8.88. The maximum atomic E-state index is 13.2. The lowest BCUT2D eigenvalue weighted by molar-refractivity contribution is -0.139. The Morgan fingerprint density at radius 1 is 1.16 bits per heavy atom. The molecule has 2 aromatic heterocycles. The van der Waals surface area contributed by atoms with Crippen molar-refractivity contribution in [2.45, 2.75) is 46.1 Å². The van der Waals surface area contributed by atoms with Crippen LogP contribution in [-0.4, -0.2) is 39.3 Å². The molecular formula is C23H26N4O2S2. The predicted molar refractivity (Wildman–Crippen MR) is 125 cm³/mol. The van der Waals surface area contributed by atoms with Crippen LogP contribution in [0.1, 0.15) is 42.5 Å². The molecule has 1 aromatic carbocycles. The van der Waals surface area contributed by atoms with Gasteiger partial charge in [0.15, 0.2) is 5.13 Å². The fourth-order valence-corrected chi connectivity index (χ4v) is 5.68.